The van der Waals surface area contributed by atoms with Crippen LogP contribution in [0.5, 0.6) is 0 Å². The summed E-state index contributed by atoms with van der Waals surface area (Å²) in [4.78, 5) is 19.6. The average Bonchev–Trinajstić information content (AvgIpc) is 3.09. The molecule has 3 rings (SSSR count). The van der Waals surface area contributed by atoms with Crippen LogP contribution in [0.1, 0.15) is 22.6 Å². The Bertz CT molecular complexity index is 512. The Hall–Kier alpha value is -1.20. The van der Waals surface area contributed by atoms with E-state index >= 15 is 0 Å². The second kappa shape index (κ2) is 4.58. The minimum absolute atomic E-state index is 0.0929. The highest BCUT2D eigenvalue weighted by Crippen LogP contribution is 2.27. The third-order valence-corrected chi connectivity index (χ3v) is 4.58. The SMILES string of the molecule is O=C(c1nc(-c2cccs2)cs1)N1CCCC1. The highest BCUT2D eigenvalue weighted by atomic mass is 32.1. The van der Waals surface area contributed by atoms with E-state index in [-0.39, 0.29) is 5.91 Å². The van der Waals surface area contributed by atoms with E-state index in [0.29, 0.717) is 5.01 Å². The Morgan fingerprint density at radius 3 is 2.82 bits per heavy atom. The van der Waals surface area contributed by atoms with Gasteiger partial charge in [-0.2, -0.15) is 0 Å². The third kappa shape index (κ3) is 2.12. The largest absolute Gasteiger partial charge is 0.337 e. The number of thiophene rings is 1. The molecule has 0 N–H and O–H groups in total. The lowest BCUT2D eigenvalue weighted by Gasteiger charge is -2.12. The van der Waals surface area contributed by atoms with Crippen molar-refractivity contribution in [3.8, 4) is 10.6 Å². The number of hydrogen-bond donors (Lipinski definition) is 0. The Kier molecular flexibility index (Phi) is 2.94. The summed E-state index contributed by atoms with van der Waals surface area (Å²) >= 11 is 3.10. The molecule has 0 saturated carbocycles. The molecule has 0 radical (unpaired) electrons. The zero-order valence-electron chi connectivity index (χ0n) is 9.26. The van der Waals surface area contributed by atoms with E-state index in [4.69, 9.17) is 0 Å². The summed E-state index contributed by atoms with van der Waals surface area (Å²) in [5, 5.41) is 4.61. The number of rotatable bonds is 2. The quantitative estimate of drug-likeness (QED) is 0.835. The van der Waals surface area contributed by atoms with Crippen molar-refractivity contribution < 1.29 is 4.79 Å². The predicted octanol–water partition coefficient (Wildman–Crippen LogP) is 3.11. The zero-order chi connectivity index (χ0) is 11.7. The molecular weight excluding hydrogens is 252 g/mol. The monoisotopic (exact) mass is 264 g/mol. The lowest BCUT2D eigenvalue weighted by atomic mass is 10.4. The second-order valence-electron chi connectivity index (χ2n) is 4.01. The van der Waals surface area contributed by atoms with Gasteiger partial charge in [0.2, 0.25) is 0 Å². The van der Waals surface area contributed by atoms with Crippen LogP contribution in [-0.2, 0) is 0 Å². The second-order valence-corrected chi connectivity index (χ2v) is 5.82. The van der Waals surface area contributed by atoms with E-state index in [1.54, 1.807) is 11.3 Å². The summed E-state index contributed by atoms with van der Waals surface area (Å²) in [6, 6.07) is 4.03. The van der Waals surface area contributed by atoms with Crippen molar-refractivity contribution in [1.29, 1.82) is 0 Å². The van der Waals surface area contributed by atoms with Crippen molar-refractivity contribution in [3.63, 3.8) is 0 Å². The summed E-state index contributed by atoms with van der Waals surface area (Å²) in [5.41, 5.74) is 0.924. The molecule has 0 spiro atoms. The summed E-state index contributed by atoms with van der Waals surface area (Å²) in [7, 11) is 0. The molecule has 17 heavy (non-hydrogen) atoms. The van der Waals surface area contributed by atoms with E-state index in [0.717, 1.165) is 36.5 Å². The van der Waals surface area contributed by atoms with Gasteiger partial charge in [0.25, 0.3) is 5.91 Å². The van der Waals surface area contributed by atoms with Gasteiger partial charge >= 0.3 is 0 Å². The fraction of sp³-hybridized carbons (Fsp3) is 0.333. The first-order valence-electron chi connectivity index (χ1n) is 5.63. The van der Waals surface area contributed by atoms with Gasteiger partial charge in [0.15, 0.2) is 5.01 Å². The Labute approximate surface area is 108 Å². The number of amides is 1. The van der Waals surface area contributed by atoms with Crippen molar-refractivity contribution in [3.05, 3.63) is 27.9 Å². The van der Waals surface area contributed by atoms with Crippen LogP contribution in [0.2, 0.25) is 0 Å². The third-order valence-electron chi connectivity index (χ3n) is 2.85. The first-order valence-corrected chi connectivity index (χ1v) is 7.39. The molecule has 2 aromatic rings. The first kappa shape index (κ1) is 10.9. The van der Waals surface area contributed by atoms with E-state index in [9.17, 15) is 4.79 Å². The van der Waals surface area contributed by atoms with E-state index in [1.807, 2.05) is 27.8 Å². The lowest BCUT2D eigenvalue weighted by molar-refractivity contribution is 0.0792. The first-order chi connectivity index (χ1) is 8.34. The Balaban J connectivity index is 1.82. The molecule has 0 unspecified atom stereocenters. The number of carbonyl (C=O) groups is 1. The molecule has 1 saturated heterocycles. The van der Waals surface area contributed by atoms with Crippen LogP contribution in [0.4, 0.5) is 0 Å². The van der Waals surface area contributed by atoms with Crippen molar-refractivity contribution in [2.45, 2.75) is 12.8 Å². The molecule has 1 aliphatic heterocycles. The Morgan fingerprint density at radius 2 is 2.12 bits per heavy atom. The highest BCUT2D eigenvalue weighted by molar-refractivity contribution is 7.15. The average molecular weight is 264 g/mol. The number of hydrogen-bond acceptors (Lipinski definition) is 4. The van der Waals surface area contributed by atoms with Gasteiger partial charge < -0.3 is 4.90 Å². The fourth-order valence-corrected chi connectivity index (χ4v) is 3.51. The standard InChI is InChI=1S/C12H12N2OS2/c15-12(14-5-1-2-6-14)11-13-9(8-17-11)10-4-3-7-16-10/h3-4,7-8H,1-2,5-6H2. The maximum absolute atomic E-state index is 12.1. The van der Waals surface area contributed by atoms with Crippen LogP contribution in [0, 0.1) is 0 Å². The fourth-order valence-electron chi connectivity index (χ4n) is 1.96. The minimum atomic E-state index is 0.0929. The van der Waals surface area contributed by atoms with Crippen LogP contribution in [0.3, 0.4) is 0 Å². The van der Waals surface area contributed by atoms with Crippen LogP contribution in [-0.4, -0.2) is 28.9 Å². The van der Waals surface area contributed by atoms with Crippen LogP contribution < -0.4 is 0 Å². The van der Waals surface area contributed by atoms with E-state index < -0.39 is 0 Å². The number of aromatic nitrogens is 1. The van der Waals surface area contributed by atoms with Gasteiger partial charge in [0.05, 0.1) is 10.6 Å². The molecule has 0 bridgehead atoms. The van der Waals surface area contributed by atoms with E-state index in [1.165, 1.54) is 11.3 Å². The molecule has 1 fully saturated rings. The Morgan fingerprint density at radius 1 is 1.29 bits per heavy atom. The molecule has 0 aromatic carbocycles. The lowest BCUT2D eigenvalue weighted by Crippen LogP contribution is -2.27. The topological polar surface area (TPSA) is 33.2 Å². The van der Waals surface area contributed by atoms with Gasteiger partial charge in [-0.1, -0.05) is 6.07 Å². The maximum atomic E-state index is 12.1. The van der Waals surface area contributed by atoms with Crippen molar-refractivity contribution in [2.24, 2.45) is 0 Å². The molecule has 1 aliphatic rings. The zero-order valence-corrected chi connectivity index (χ0v) is 10.9. The molecule has 0 aliphatic carbocycles. The maximum Gasteiger partial charge on any atom is 0.282 e. The summed E-state index contributed by atoms with van der Waals surface area (Å²) in [6.45, 7) is 1.76. The molecular formula is C12H12N2OS2. The van der Waals surface area contributed by atoms with Gasteiger partial charge in [-0.25, -0.2) is 4.98 Å². The number of nitrogens with zero attached hydrogens (tertiary/aromatic N) is 2. The highest BCUT2D eigenvalue weighted by Gasteiger charge is 2.22. The van der Waals surface area contributed by atoms with Crippen molar-refractivity contribution in [2.75, 3.05) is 13.1 Å². The molecule has 88 valence electrons. The van der Waals surface area contributed by atoms with Gasteiger partial charge in [0, 0.05) is 18.5 Å². The summed E-state index contributed by atoms with van der Waals surface area (Å²) in [6.07, 6.45) is 2.24. The number of carbonyl (C=O) groups excluding carboxylic acids is 1. The van der Waals surface area contributed by atoms with Crippen LogP contribution in [0.15, 0.2) is 22.9 Å². The van der Waals surface area contributed by atoms with Crippen molar-refractivity contribution >= 4 is 28.6 Å². The molecule has 5 heteroatoms. The summed E-state index contributed by atoms with van der Waals surface area (Å²) in [5.74, 6) is 0.0929. The molecule has 3 nitrogen and oxygen atoms in total. The van der Waals surface area contributed by atoms with Crippen LogP contribution in [0.25, 0.3) is 10.6 Å². The summed E-state index contributed by atoms with van der Waals surface area (Å²) < 4.78 is 0. The number of likely N-dealkylation sites (tertiary alicyclic amines) is 1. The molecule has 1 amide bonds. The smallest absolute Gasteiger partial charge is 0.282 e. The predicted molar refractivity (Wildman–Crippen MR) is 70.6 cm³/mol. The van der Waals surface area contributed by atoms with Gasteiger partial charge in [-0.15, -0.1) is 22.7 Å². The molecule has 2 aromatic heterocycles. The van der Waals surface area contributed by atoms with Gasteiger partial charge in [0.1, 0.15) is 0 Å². The van der Waals surface area contributed by atoms with Crippen molar-refractivity contribution in [1.82, 2.24) is 9.88 Å². The van der Waals surface area contributed by atoms with Crippen LogP contribution >= 0.6 is 22.7 Å². The molecule has 0 atom stereocenters. The normalized spacial score (nSPS) is 15.4. The molecule has 3 heterocycles. The van der Waals surface area contributed by atoms with E-state index in [2.05, 4.69) is 4.98 Å². The van der Waals surface area contributed by atoms with Gasteiger partial charge in [-0.05, 0) is 24.3 Å². The van der Waals surface area contributed by atoms with Gasteiger partial charge in [-0.3, -0.25) is 4.79 Å². The minimum Gasteiger partial charge on any atom is -0.337 e. The number of thiazole rings is 1.